The summed E-state index contributed by atoms with van der Waals surface area (Å²) in [6, 6.07) is 11.5. The molecule has 0 aliphatic carbocycles. The fourth-order valence-corrected chi connectivity index (χ4v) is 3.03. The molecule has 1 unspecified atom stereocenters. The van der Waals surface area contributed by atoms with Gasteiger partial charge in [-0.05, 0) is 49.7 Å². The van der Waals surface area contributed by atoms with Gasteiger partial charge in [0.2, 0.25) is 0 Å². The lowest BCUT2D eigenvalue weighted by Crippen LogP contribution is -2.43. The number of carbonyl (C=O) groups excluding carboxylic acids is 2. The quantitative estimate of drug-likeness (QED) is 0.890. The molecule has 0 bridgehead atoms. The minimum Gasteiger partial charge on any atom is -0.508 e. The van der Waals surface area contributed by atoms with Crippen molar-refractivity contribution in [3.63, 3.8) is 0 Å². The highest BCUT2D eigenvalue weighted by Gasteiger charge is 2.26. The number of ether oxygens (including phenoxy) is 1. The van der Waals surface area contributed by atoms with Crippen molar-refractivity contribution in [3.8, 4) is 11.5 Å². The molecule has 27 heavy (non-hydrogen) atoms. The van der Waals surface area contributed by atoms with Crippen LogP contribution in [0.4, 0.5) is 0 Å². The van der Waals surface area contributed by atoms with Crippen molar-refractivity contribution < 1.29 is 19.4 Å². The molecule has 7 nitrogen and oxygen atoms in total. The van der Waals surface area contributed by atoms with Crippen LogP contribution < -0.4 is 4.74 Å². The van der Waals surface area contributed by atoms with E-state index in [1.807, 2.05) is 0 Å². The second-order valence-corrected chi connectivity index (χ2v) is 6.44. The van der Waals surface area contributed by atoms with Gasteiger partial charge in [0, 0.05) is 32.4 Å². The minimum absolute atomic E-state index is 0.113. The molecule has 2 aromatic rings. The van der Waals surface area contributed by atoms with Crippen LogP contribution in [0.5, 0.6) is 11.5 Å². The number of nitrogens with zero attached hydrogens (tertiary/aromatic N) is 3. The molecule has 142 valence electrons. The van der Waals surface area contributed by atoms with Gasteiger partial charge >= 0.3 is 0 Å². The summed E-state index contributed by atoms with van der Waals surface area (Å²) in [5.74, 6) is 0.440. The molecular weight excluding hydrogens is 346 g/mol. The van der Waals surface area contributed by atoms with Gasteiger partial charge < -0.3 is 19.6 Å². The maximum Gasteiger partial charge on any atom is 0.272 e. The Morgan fingerprint density at radius 3 is 2.44 bits per heavy atom. The van der Waals surface area contributed by atoms with Crippen molar-refractivity contribution >= 4 is 11.8 Å². The third kappa shape index (κ3) is 4.75. The number of hydrogen-bond acceptors (Lipinski definition) is 5. The van der Waals surface area contributed by atoms with E-state index in [-0.39, 0.29) is 17.6 Å². The Morgan fingerprint density at radius 1 is 1.04 bits per heavy atom. The molecule has 2 amide bonds. The highest BCUT2D eigenvalue weighted by atomic mass is 16.5. The molecular formula is C20H23N3O4. The Bertz CT molecular complexity index is 780. The molecule has 1 atom stereocenters. The number of pyridine rings is 1. The zero-order chi connectivity index (χ0) is 19.2. The summed E-state index contributed by atoms with van der Waals surface area (Å²) in [5, 5.41) is 9.32. The molecule has 1 N–H and O–H groups in total. The smallest absolute Gasteiger partial charge is 0.272 e. The zero-order valence-corrected chi connectivity index (χ0v) is 15.2. The normalized spacial score (nSPS) is 15.7. The van der Waals surface area contributed by atoms with Crippen LogP contribution in [-0.2, 0) is 4.79 Å². The second-order valence-electron chi connectivity index (χ2n) is 6.44. The summed E-state index contributed by atoms with van der Waals surface area (Å²) in [7, 11) is 0. The average molecular weight is 369 g/mol. The average Bonchev–Trinajstić information content (AvgIpc) is 2.95. The third-order valence-electron chi connectivity index (χ3n) is 4.48. The van der Waals surface area contributed by atoms with Crippen molar-refractivity contribution in [3.05, 3.63) is 54.4 Å². The molecule has 1 aliphatic heterocycles. The summed E-state index contributed by atoms with van der Waals surface area (Å²) in [6.07, 6.45) is 1.66. The van der Waals surface area contributed by atoms with Crippen molar-refractivity contribution in [2.75, 3.05) is 26.2 Å². The predicted octanol–water partition coefficient (Wildman–Crippen LogP) is 1.93. The fourth-order valence-electron chi connectivity index (χ4n) is 3.03. The zero-order valence-electron chi connectivity index (χ0n) is 15.2. The number of phenolic OH excluding ortho intramolecular Hbond substituents is 1. The Morgan fingerprint density at radius 2 is 1.74 bits per heavy atom. The van der Waals surface area contributed by atoms with Gasteiger partial charge in [0.05, 0.1) is 0 Å². The van der Waals surface area contributed by atoms with Crippen molar-refractivity contribution in [2.45, 2.75) is 19.4 Å². The van der Waals surface area contributed by atoms with Crippen LogP contribution in [0.3, 0.4) is 0 Å². The molecule has 1 saturated heterocycles. The van der Waals surface area contributed by atoms with Gasteiger partial charge in [-0.3, -0.25) is 14.6 Å². The maximum atomic E-state index is 12.7. The standard InChI is InChI=1S/C20H23N3O4/c1-15(27-17-8-6-16(24)7-9-17)19(25)22-11-4-12-23(14-13-22)20(26)18-5-2-3-10-21-18/h2-3,5-10,15,24H,4,11-14H2,1H3. The van der Waals surface area contributed by atoms with Gasteiger partial charge in [-0.25, -0.2) is 0 Å². The van der Waals surface area contributed by atoms with Gasteiger partial charge in [-0.15, -0.1) is 0 Å². The SMILES string of the molecule is CC(Oc1ccc(O)cc1)C(=O)N1CCCN(C(=O)c2ccccn2)CC1. The predicted molar refractivity (Wildman–Crippen MR) is 99.5 cm³/mol. The molecule has 1 fully saturated rings. The highest BCUT2D eigenvalue weighted by Crippen LogP contribution is 2.18. The molecule has 1 aromatic heterocycles. The van der Waals surface area contributed by atoms with E-state index in [1.54, 1.807) is 53.3 Å². The fraction of sp³-hybridized carbons (Fsp3) is 0.350. The van der Waals surface area contributed by atoms with E-state index in [9.17, 15) is 14.7 Å². The molecule has 1 aliphatic rings. The first-order chi connectivity index (χ1) is 13.0. The molecule has 7 heteroatoms. The largest absolute Gasteiger partial charge is 0.508 e. The molecule has 0 saturated carbocycles. The van der Waals surface area contributed by atoms with Crippen molar-refractivity contribution in [2.24, 2.45) is 0 Å². The van der Waals surface area contributed by atoms with E-state index in [2.05, 4.69) is 4.98 Å². The van der Waals surface area contributed by atoms with Gasteiger partial charge in [-0.2, -0.15) is 0 Å². The summed E-state index contributed by atoms with van der Waals surface area (Å²) in [6.45, 7) is 3.80. The van der Waals surface area contributed by atoms with Crippen LogP contribution in [0.15, 0.2) is 48.7 Å². The number of benzene rings is 1. The maximum absolute atomic E-state index is 12.7. The van der Waals surface area contributed by atoms with E-state index < -0.39 is 6.10 Å². The van der Waals surface area contributed by atoms with E-state index in [4.69, 9.17) is 4.74 Å². The Hall–Kier alpha value is -3.09. The molecule has 3 rings (SSSR count). The lowest BCUT2D eigenvalue weighted by molar-refractivity contribution is -0.137. The van der Waals surface area contributed by atoms with E-state index in [0.29, 0.717) is 44.0 Å². The Kier molecular flexibility index (Phi) is 5.90. The van der Waals surface area contributed by atoms with Crippen LogP contribution >= 0.6 is 0 Å². The molecule has 0 radical (unpaired) electrons. The number of aromatic hydroxyl groups is 1. The van der Waals surface area contributed by atoms with Gasteiger partial charge in [0.15, 0.2) is 6.10 Å². The van der Waals surface area contributed by atoms with Gasteiger partial charge in [0.1, 0.15) is 17.2 Å². The van der Waals surface area contributed by atoms with E-state index in [1.165, 1.54) is 12.1 Å². The number of aromatic nitrogens is 1. The molecule has 1 aromatic carbocycles. The van der Waals surface area contributed by atoms with E-state index >= 15 is 0 Å². The highest BCUT2D eigenvalue weighted by molar-refractivity contribution is 5.92. The monoisotopic (exact) mass is 369 g/mol. The van der Waals surface area contributed by atoms with Crippen molar-refractivity contribution in [1.29, 1.82) is 0 Å². The number of rotatable bonds is 4. The van der Waals surface area contributed by atoms with Crippen LogP contribution in [0.25, 0.3) is 0 Å². The van der Waals surface area contributed by atoms with E-state index in [0.717, 1.165) is 0 Å². The molecule has 0 spiro atoms. The van der Waals surface area contributed by atoms with Crippen LogP contribution in [0.1, 0.15) is 23.8 Å². The topological polar surface area (TPSA) is 83.0 Å². The Balaban J connectivity index is 1.57. The number of amides is 2. The lowest BCUT2D eigenvalue weighted by atomic mass is 10.3. The number of phenols is 1. The summed E-state index contributed by atoms with van der Waals surface area (Å²) in [5.41, 5.74) is 0.418. The Labute approximate surface area is 158 Å². The third-order valence-corrected chi connectivity index (χ3v) is 4.48. The van der Waals surface area contributed by atoms with Crippen LogP contribution in [0.2, 0.25) is 0 Å². The first kappa shape index (κ1) is 18.7. The lowest BCUT2D eigenvalue weighted by Gasteiger charge is -2.25. The summed E-state index contributed by atoms with van der Waals surface area (Å²) >= 11 is 0. The van der Waals surface area contributed by atoms with Gasteiger partial charge in [0.25, 0.3) is 11.8 Å². The van der Waals surface area contributed by atoms with Crippen LogP contribution in [-0.4, -0.2) is 64.0 Å². The molecule has 2 heterocycles. The summed E-state index contributed by atoms with van der Waals surface area (Å²) in [4.78, 5) is 32.8. The number of hydrogen-bond donors (Lipinski definition) is 1. The number of carbonyl (C=O) groups is 2. The minimum atomic E-state index is -0.646. The second kappa shape index (κ2) is 8.53. The summed E-state index contributed by atoms with van der Waals surface area (Å²) < 4.78 is 5.68. The first-order valence-corrected chi connectivity index (χ1v) is 8.99. The van der Waals surface area contributed by atoms with Crippen molar-refractivity contribution in [1.82, 2.24) is 14.8 Å². The van der Waals surface area contributed by atoms with Crippen LogP contribution in [0, 0.1) is 0 Å². The first-order valence-electron chi connectivity index (χ1n) is 8.99. The van der Waals surface area contributed by atoms with Gasteiger partial charge in [-0.1, -0.05) is 6.07 Å².